The Morgan fingerprint density at radius 2 is 1.79 bits per heavy atom. The number of aromatic nitrogens is 4. The van der Waals surface area contributed by atoms with Crippen molar-refractivity contribution in [1.82, 2.24) is 25.1 Å². The van der Waals surface area contributed by atoms with Crippen LogP contribution in [-0.2, 0) is 4.79 Å². The maximum absolute atomic E-state index is 12.3. The molecule has 1 atom stereocenters. The fraction of sp³-hybridized carbons (Fsp3) is 0.333. The number of carbonyl (C=O) groups is 1. The number of thioether (sulfide) groups is 1. The van der Waals surface area contributed by atoms with E-state index >= 15 is 0 Å². The van der Waals surface area contributed by atoms with Crippen LogP contribution in [-0.4, -0.2) is 44.6 Å². The van der Waals surface area contributed by atoms with Gasteiger partial charge in [0.15, 0.2) is 11.0 Å². The molecule has 1 amide bonds. The number of nitrogens with zero attached hydrogens (tertiary/aromatic N) is 4. The lowest BCUT2D eigenvalue weighted by molar-refractivity contribution is -0.119. The molecular weight excluding hydrogens is 386 g/mol. The average Bonchev–Trinajstić information content (AvgIpc) is 3.16. The zero-order valence-electron chi connectivity index (χ0n) is 17.0. The molecule has 1 N–H and O–H groups in total. The Morgan fingerprint density at radius 3 is 2.41 bits per heavy atom. The third-order valence-corrected chi connectivity index (χ3v) is 5.55. The van der Waals surface area contributed by atoms with Gasteiger partial charge < -0.3 is 10.1 Å². The van der Waals surface area contributed by atoms with Gasteiger partial charge in [-0.3, -0.25) is 14.3 Å². The summed E-state index contributed by atoms with van der Waals surface area (Å²) in [6.07, 6.45) is 3.44. The van der Waals surface area contributed by atoms with E-state index in [0.717, 1.165) is 17.0 Å². The second-order valence-corrected chi connectivity index (χ2v) is 7.91. The predicted molar refractivity (Wildman–Crippen MR) is 114 cm³/mol. The van der Waals surface area contributed by atoms with Crippen molar-refractivity contribution in [3.05, 3.63) is 48.8 Å². The van der Waals surface area contributed by atoms with E-state index in [1.54, 1.807) is 19.5 Å². The van der Waals surface area contributed by atoms with E-state index in [9.17, 15) is 4.79 Å². The van der Waals surface area contributed by atoms with Gasteiger partial charge in [0.2, 0.25) is 5.91 Å². The lowest BCUT2D eigenvalue weighted by atomic mass is 10.1. The fourth-order valence-corrected chi connectivity index (χ4v) is 3.37. The molecule has 0 radical (unpaired) electrons. The summed E-state index contributed by atoms with van der Waals surface area (Å²) in [5, 5.41) is 12.4. The Morgan fingerprint density at radius 1 is 1.10 bits per heavy atom. The maximum Gasteiger partial charge on any atom is 0.230 e. The lowest BCUT2D eigenvalue weighted by Gasteiger charge is -2.17. The van der Waals surface area contributed by atoms with Crippen LogP contribution in [0.25, 0.3) is 17.1 Å². The topological polar surface area (TPSA) is 81.9 Å². The molecule has 7 nitrogen and oxygen atoms in total. The molecular formula is C21H25N5O2S. The molecule has 3 aromatic rings. The van der Waals surface area contributed by atoms with Crippen LogP contribution in [0.15, 0.2) is 53.9 Å². The SMILES string of the molecule is COc1ccc(-n2c(SCC(=O)N[C@@H](C)C(C)C)nnc2-c2ccncc2)cc1. The molecule has 0 aliphatic heterocycles. The minimum atomic E-state index is -0.0223. The number of methoxy groups -OCH3 is 1. The van der Waals surface area contributed by atoms with Gasteiger partial charge in [-0.25, -0.2) is 0 Å². The van der Waals surface area contributed by atoms with Gasteiger partial charge in [-0.1, -0.05) is 25.6 Å². The predicted octanol–water partition coefficient (Wildman–Crippen LogP) is 3.59. The van der Waals surface area contributed by atoms with Crippen molar-refractivity contribution in [2.45, 2.75) is 32.0 Å². The van der Waals surface area contributed by atoms with Crippen molar-refractivity contribution in [1.29, 1.82) is 0 Å². The maximum atomic E-state index is 12.3. The Hall–Kier alpha value is -2.87. The fourth-order valence-electron chi connectivity index (χ4n) is 2.61. The standard InChI is InChI=1S/C21H25N5O2S/c1-14(2)15(3)23-19(27)13-29-21-25-24-20(16-9-11-22-12-10-16)26(21)17-5-7-18(28-4)8-6-17/h5-12,14-15H,13H2,1-4H3,(H,23,27)/t15-/m0/s1. The zero-order valence-corrected chi connectivity index (χ0v) is 17.8. The Labute approximate surface area is 174 Å². The Kier molecular flexibility index (Phi) is 6.87. The minimum absolute atomic E-state index is 0.0223. The van der Waals surface area contributed by atoms with Crippen LogP contribution in [0.1, 0.15) is 20.8 Å². The first-order valence-corrected chi connectivity index (χ1v) is 10.4. The van der Waals surface area contributed by atoms with Crippen LogP contribution in [0.3, 0.4) is 0 Å². The van der Waals surface area contributed by atoms with Crippen molar-refractivity contribution in [2.75, 3.05) is 12.9 Å². The highest BCUT2D eigenvalue weighted by Crippen LogP contribution is 2.28. The van der Waals surface area contributed by atoms with Crippen LogP contribution in [0, 0.1) is 5.92 Å². The number of hydrogen-bond acceptors (Lipinski definition) is 6. The number of benzene rings is 1. The van der Waals surface area contributed by atoms with Crippen molar-refractivity contribution in [2.24, 2.45) is 5.92 Å². The summed E-state index contributed by atoms with van der Waals surface area (Å²) < 4.78 is 7.20. The Bertz CT molecular complexity index is 941. The van der Waals surface area contributed by atoms with E-state index in [1.165, 1.54) is 11.8 Å². The molecule has 152 valence electrons. The van der Waals surface area contributed by atoms with E-state index in [-0.39, 0.29) is 17.7 Å². The molecule has 0 fully saturated rings. The third-order valence-electron chi connectivity index (χ3n) is 4.62. The largest absolute Gasteiger partial charge is 0.497 e. The van der Waals surface area contributed by atoms with E-state index in [1.807, 2.05) is 47.9 Å². The summed E-state index contributed by atoms with van der Waals surface area (Å²) in [6, 6.07) is 11.5. The van der Waals surface area contributed by atoms with Crippen LogP contribution < -0.4 is 10.1 Å². The van der Waals surface area contributed by atoms with Crippen LogP contribution in [0.4, 0.5) is 0 Å². The second-order valence-electron chi connectivity index (χ2n) is 6.96. The first-order chi connectivity index (χ1) is 14.0. The van der Waals surface area contributed by atoms with E-state index in [2.05, 4.69) is 34.3 Å². The van der Waals surface area contributed by atoms with E-state index in [4.69, 9.17) is 4.74 Å². The minimum Gasteiger partial charge on any atom is -0.497 e. The molecule has 0 saturated carbocycles. The van der Waals surface area contributed by atoms with Gasteiger partial charge in [0.25, 0.3) is 0 Å². The number of hydrogen-bond donors (Lipinski definition) is 1. The van der Waals surface area contributed by atoms with E-state index in [0.29, 0.717) is 16.9 Å². The molecule has 3 rings (SSSR count). The first kappa shape index (κ1) is 20.9. The van der Waals surface area contributed by atoms with Crippen LogP contribution >= 0.6 is 11.8 Å². The van der Waals surface area contributed by atoms with Gasteiger partial charge >= 0.3 is 0 Å². The second kappa shape index (κ2) is 9.56. The highest BCUT2D eigenvalue weighted by molar-refractivity contribution is 7.99. The smallest absolute Gasteiger partial charge is 0.230 e. The summed E-state index contributed by atoms with van der Waals surface area (Å²) in [5.41, 5.74) is 1.79. The lowest BCUT2D eigenvalue weighted by Crippen LogP contribution is -2.37. The molecule has 0 unspecified atom stereocenters. The molecule has 2 aromatic heterocycles. The van der Waals surface area contributed by atoms with Gasteiger partial charge in [-0.15, -0.1) is 10.2 Å². The van der Waals surface area contributed by atoms with Crippen LogP contribution in [0.2, 0.25) is 0 Å². The molecule has 0 saturated heterocycles. The zero-order chi connectivity index (χ0) is 20.8. The summed E-state index contributed by atoms with van der Waals surface area (Å²) in [4.78, 5) is 16.4. The summed E-state index contributed by atoms with van der Waals surface area (Å²) in [5.74, 6) is 2.08. The molecule has 1 aromatic carbocycles. The van der Waals surface area contributed by atoms with E-state index < -0.39 is 0 Å². The highest BCUT2D eigenvalue weighted by atomic mass is 32.2. The molecule has 0 bridgehead atoms. The number of nitrogens with one attached hydrogen (secondary N) is 1. The first-order valence-electron chi connectivity index (χ1n) is 9.42. The van der Waals surface area contributed by atoms with Gasteiger partial charge in [0.1, 0.15) is 5.75 Å². The molecule has 0 aliphatic rings. The van der Waals surface area contributed by atoms with Crippen LogP contribution in [0.5, 0.6) is 5.75 Å². The van der Waals surface area contributed by atoms with Gasteiger partial charge in [0, 0.05) is 29.7 Å². The molecule has 2 heterocycles. The quantitative estimate of drug-likeness (QED) is 0.571. The summed E-state index contributed by atoms with van der Waals surface area (Å²) in [6.45, 7) is 6.17. The molecule has 0 aliphatic carbocycles. The number of ether oxygens (including phenoxy) is 1. The number of rotatable bonds is 8. The summed E-state index contributed by atoms with van der Waals surface area (Å²) >= 11 is 1.36. The highest BCUT2D eigenvalue weighted by Gasteiger charge is 2.18. The average molecular weight is 412 g/mol. The van der Waals surface area contributed by atoms with Crippen molar-refractivity contribution >= 4 is 17.7 Å². The van der Waals surface area contributed by atoms with Crippen molar-refractivity contribution in [3.8, 4) is 22.8 Å². The summed E-state index contributed by atoms with van der Waals surface area (Å²) in [7, 11) is 1.63. The number of amides is 1. The third kappa shape index (κ3) is 5.14. The number of pyridine rings is 1. The van der Waals surface area contributed by atoms with Gasteiger partial charge in [-0.05, 0) is 49.2 Å². The monoisotopic (exact) mass is 411 g/mol. The van der Waals surface area contributed by atoms with Gasteiger partial charge in [-0.2, -0.15) is 0 Å². The number of carbonyl (C=O) groups excluding carboxylic acids is 1. The molecule has 0 spiro atoms. The molecule has 29 heavy (non-hydrogen) atoms. The normalized spacial score (nSPS) is 12.0. The Balaban J connectivity index is 1.89. The van der Waals surface area contributed by atoms with Crippen molar-refractivity contribution < 1.29 is 9.53 Å². The van der Waals surface area contributed by atoms with Crippen molar-refractivity contribution in [3.63, 3.8) is 0 Å². The van der Waals surface area contributed by atoms with Gasteiger partial charge in [0.05, 0.1) is 12.9 Å². The molecule has 8 heteroatoms.